The molecular weight excluding hydrogens is 419 g/mol. The number of nitrogens with zero attached hydrogens (tertiary/aromatic N) is 2. The highest BCUT2D eigenvalue weighted by molar-refractivity contribution is 6.02. The summed E-state index contributed by atoms with van der Waals surface area (Å²) in [5.41, 5.74) is 0.746. The minimum atomic E-state index is -4.82. The fraction of sp³-hybridized carbons (Fsp3) is 0.300. The molecule has 11 heteroatoms. The predicted molar refractivity (Wildman–Crippen MR) is 104 cm³/mol. The number of rotatable bonds is 5. The summed E-state index contributed by atoms with van der Waals surface area (Å²) >= 11 is 0. The van der Waals surface area contributed by atoms with Crippen LogP contribution in [0.15, 0.2) is 42.5 Å². The first-order valence-corrected chi connectivity index (χ1v) is 9.30. The number of hydrogen-bond acceptors (Lipinski definition) is 5. The van der Waals surface area contributed by atoms with E-state index in [9.17, 15) is 32.9 Å². The van der Waals surface area contributed by atoms with Crippen LogP contribution >= 0.6 is 0 Å². The van der Waals surface area contributed by atoms with Crippen LogP contribution in [-0.4, -0.2) is 35.7 Å². The maximum Gasteiger partial charge on any atom is 0.573 e. The molecule has 0 fully saturated rings. The van der Waals surface area contributed by atoms with E-state index < -0.39 is 29.1 Å². The fourth-order valence-corrected chi connectivity index (χ4v) is 3.34. The van der Waals surface area contributed by atoms with E-state index >= 15 is 0 Å². The van der Waals surface area contributed by atoms with Gasteiger partial charge in [-0.1, -0.05) is 6.07 Å². The average Bonchev–Trinajstić information content (AvgIpc) is 2.71. The second-order valence-electron chi connectivity index (χ2n) is 6.93. The summed E-state index contributed by atoms with van der Waals surface area (Å²) in [6.45, 7) is 1.80. The van der Waals surface area contributed by atoms with Crippen molar-refractivity contribution in [1.29, 1.82) is 0 Å². The third-order valence-corrected chi connectivity index (χ3v) is 4.71. The number of nitro groups is 1. The topological polar surface area (TPSA) is 102 Å². The number of aryl methyl sites for hydroxylation is 1. The number of anilines is 1. The molecule has 0 aliphatic carbocycles. The molecule has 3 rings (SSSR count). The van der Waals surface area contributed by atoms with Gasteiger partial charge in [0.1, 0.15) is 11.8 Å². The lowest BCUT2D eigenvalue weighted by Gasteiger charge is -2.32. The van der Waals surface area contributed by atoms with Crippen LogP contribution in [0, 0.1) is 10.1 Å². The van der Waals surface area contributed by atoms with Gasteiger partial charge in [0.15, 0.2) is 0 Å². The highest BCUT2D eigenvalue weighted by Crippen LogP contribution is 2.33. The summed E-state index contributed by atoms with van der Waals surface area (Å²) in [6.07, 6.45) is -3.81. The number of hydrogen-bond donors (Lipinski definition) is 1. The molecule has 1 N–H and O–H groups in total. The van der Waals surface area contributed by atoms with Crippen LogP contribution in [0.5, 0.6) is 5.75 Å². The van der Waals surface area contributed by atoms with E-state index in [0.717, 1.165) is 12.1 Å². The first kappa shape index (κ1) is 22.1. The molecule has 1 heterocycles. The van der Waals surface area contributed by atoms with Gasteiger partial charge in [-0.2, -0.15) is 0 Å². The maximum absolute atomic E-state index is 12.9. The van der Waals surface area contributed by atoms with Gasteiger partial charge in [-0.05, 0) is 49.6 Å². The van der Waals surface area contributed by atoms with Crippen molar-refractivity contribution in [3.63, 3.8) is 0 Å². The molecule has 1 aliphatic heterocycles. The summed E-state index contributed by atoms with van der Waals surface area (Å²) in [6, 6.07) is 7.88. The van der Waals surface area contributed by atoms with Crippen molar-refractivity contribution in [3.05, 3.63) is 63.7 Å². The number of non-ortho nitro benzene ring substituents is 1. The lowest BCUT2D eigenvalue weighted by Crippen LogP contribution is -2.48. The van der Waals surface area contributed by atoms with Crippen LogP contribution in [0.3, 0.4) is 0 Å². The number of ether oxygens (including phenoxy) is 1. The third kappa shape index (κ3) is 5.30. The molecule has 2 aromatic rings. The van der Waals surface area contributed by atoms with Gasteiger partial charge < -0.3 is 15.0 Å². The SMILES string of the molecule is CC(NC(=O)c1cccc([N+](=O)[O-])c1)C(=O)N1CCCc2cc(OC(F)(F)F)ccc21. The van der Waals surface area contributed by atoms with Crippen molar-refractivity contribution in [1.82, 2.24) is 5.32 Å². The van der Waals surface area contributed by atoms with Crippen LogP contribution in [0.25, 0.3) is 0 Å². The van der Waals surface area contributed by atoms with Crippen molar-refractivity contribution in [2.24, 2.45) is 0 Å². The number of fused-ring (bicyclic) bond motifs is 1. The van der Waals surface area contributed by atoms with Crippen LogP contribution in [0.2, 0.25) is 0 Å². The molecule has 0 radical (unpaired) electrons. The molecule has 31 heavy (non-hydrogen) atoms. The first-order valence-electron chi connectivity index (χ1n) is 9.30. The second kappa shape index (κ2) is 8.62. The Bertz CT molecular complexity index is 1030. The molecule has 1 unspecified atom stereocenters. The maximum atomic E-state index is 12.9. The van der Waals surface area contributed by atoms with Crippen molar-refractivity contribution in [2.75, 3.05) is 11.4 Å². The number of benzene rings is 2. The van der Waals surface area contributed by atoms with Crippen LogP contribution in [-0.2, 0) is 11.2 Å². The van der Waals surface area contributed by atoms with E-state index in [1.54, 1.807) is 0 Å². The zero-order chi connectivity index (χ0) is 22.8. The smallest absolute Gasteiger partial charge is 0.406 e. The van der Waals surface area contributed by atoms with Gasteiger partial charge in [0.2, 0.25) is 5.91 Å². The van der Waals surface area contributed by atoms with Gasteiger partial charge in [-0.25, -0.2) is 0 Å². The van der Waals surface area contributed by atoms with Gasteiger partial charge in [-0.15, -0.1) is 13.2 Å². The highest BCUT2D eigenvalue weighted by atomic mass is 19.4. The molecular formula is C20H18F3N3O5. The monoisotopic (exact) mass is 437 g/mol. The number of carbonyl (C=O) groups excluding carboxylic acids is 2. The molecule has 1 atom stereocenters. The minimum absolute atomic E-state index is 0.0295. The normalized spacial score (nSPS) is 14.4. The Morgan fingerprint density at radius 3 is 2.65 bits per heavy atom. The van der Waals surface area contributed by atoms with Crippen molar-refractivity contribution in [2.45, 2.75) is 32.2 Å². The van der Waals surface area contributed by atoms with Gasteiger partial charge in [0.25, 0.3) is 11.6 Å². The molecule has 8 nitrogen and oxygen atoms in total. The van der Waals surface area contributed by atoms with Crippen molar-refractivity contribution < 1.29 is 32.4 Å². The summed E-state index contributed by atoms with van der Waals surface area (Å²) in [5.74, 6) is -1.48. The predicted octanol–water partition coefficient (Wildman–Crippen LogP) is 3.59. The zero-order valence-electron chi connectivity index (χ0n) is 16.3. The number of nitrogens with one attached hydrogen (secondary N) is 1. The summed E-state index contributed by atoms with van der Waals surface area (Å²) in [5, 5.41) is 13.4. The van der Waals surface area contributed by atoms with Gasteiger partial charge >= 0.3 is 6.36 Å². The number of halogens is 3. The largest absolute Gasteiger partial charge is 0.573 e. The third-order valence-electron chi connectivity index (χ3n) is 4.71. The molecule has 1 aliphatic rings. The highest BCUT2D eigenvalue weighted by Gasteiger charge is 2.32. The van der Waals surface area contributed by atoms with E-state index in [-0.39, 0.29) is 17.0 Å². The Morgan fingerprint density at radius 2 is 1.97 bits per heavy atom. The zero-order valence-corrected chi connectivity index (χ0v) is 16.3. The quantitative estimate of drug-likeness (QED) is 0.569. The van der Waals surface area contributed by atoms with Gasteiger partial charge in [0, 0.05) is 29.9 Å². The number of nitro benzene ring substituents is 1. The van der Waals surface area contributed by atoms with Crippen LogP contribution in [0.1, 0.15) is 29.3 Å². The van der Waals surface area contributed by atoms with E-state index in [0.29, 0.717) is 30.6 Å². The number of alkyl halides is 3. The minimum Gasteiger partial charge on any atom is -0.406 e. The summed E-state index contributed by atoms with van der Waals surface area (Å²) in [4.78, 5) is 37.0. The number of carbonyl (C=O) groups is 2. The Balaban J connectivity index is 1.74. The molecule has 0 saturated carbocycles. The molecule has 0 saturated heterocycles. The average molecular weight is 437 g/mol. The Labute approximate surface area is 174 Å². The molecule has 0 aromatic heterocycles. The Kier molecular flexibility index (Phi) is 6.14. The Morgan fingerprint density at radius 1 is 1.23 bits per heavy atom. The molecule has 0 spiro atoms. The van der Waals surface area contributed by atoms with E-state index in [1.165, 1.54) is 42.2 Å². The second-order valence-corrected chi connectivity index (χ2v) is 6.93. The van der Waals surface area contributed by atoms with Crippen LogP contribution < -0.4 is 15.0 Å². The van der Waals surface area contributed by atoms with Gasteiger partial charge in [-0.3, -0.25) is 19.7 Å². The lowest BCUT2D eigenvalue weighted by molar-refractivity contribution is -0.384. The van der Waals surface area contributed by atoms with Crippen molar-refractivity contribution >= 4 is 23.2 Å². The van der Waals surface area contributed by atoms with E-state index in [2.05, 4.69) is 10.1 Å². The van der Waals surface area contributed by atoms with Gasteiger partial charge in [0.05, 0.1) is 4.92 Å². The fourth-order valence-electron chi connectivity index (χ4n) is 3.34. The number of amides is 2. The lowest BCUT2D eigenvalue weighted by atomic mass is 10.0. The van der Waals surface area contributed by atoms with Crippen LogP contribution in [0.4, 0.5) is 24.5 Å². The molecule has 164 valence electrons. The molecule has 0 bridgehead atoms. The van der Waals surface area contributed by atoms with Crippen molar-refractivity contribution in [3.8, 4) is 5.75 Å². The van der Waals surface area contributed by atoms with E-state index in [4.69, 9.17) is 0 Å². The van der Waals surface area contributed by atoms with E-state index in [1.807, 2.05) is 0 Å². The first-order chi connectivity index (χ1) is 14.5. The standard InChI is InChI=1S/C20H18F3N3O5/c1-12(24-18(27)14-4-2-6-15(10-14)26(29)30)19(28)25-9-3-5-13-11-16(7-8-17(13)25)31-20(21,22)23/h2,4,6-8,10-12H,3,5,9H2,1H3,(H,24,27). The molecule has 2 aromatic carbocycles. The molecule has 2 amide bonds. The summed E-state index contributed by atoms with van der Waals surface area (Å²) in [7, 11) is 0. The Hall–Kier alpha value is -3.63. The summed E-state index contributed by atoms with van der Waals surface area (Å²) < 4.78 is 41.3.